The number of ether oxygens (including phenoxy) is 1. The van der Waals surface area contributed by atoms with Crippen molar-refractivity contribution < 1.29 is 9.53 Å². The van der Waals surface area contributed by atoms with Crippen LogP contribution >= 0.6 is 12.2 Å². The number of H-pyrrole nitrogens is 1. The molecule has 0 fully saturated rings. The van der Waals surface area contributed by atoms with Crippen molar-refractivity contribution in [2.45, 2.75) is 6.92 Å². The molecule has 0 saturated heterocycles. The van der Waals surface area contributed by atoms with Gasteiger partial charge in [-0.05, 0) is 18.3 Å². The summed E-state index contributed by atoms with van der Waals surface area (Å²) in [5, 5.41) is 2.60. The molecule has 0 aliphatic carbocycles. The minimum Gasteiger partial charge on any atom is -0.455 e. The molecular formula is C14H13N5O2S. The highest BCUT2D eigenvalue weighted by Gasteiger charge is 2.06. The van der Waals surface area contributed by atoms with Gasteiger partial charge in [-0.2, -0.15) is 0 Å². The summed E-state index contributed by atoms with van der Waals surface area (Å²) in [6.45, 7) is 1.42. The van der Waals surface area contributed by atoms with Crippen molar-refractivity contribution in [1.29, 1.82) is 0 Å². The van der Waals surface area contributed by atoms with E-state index < -0.39 is 0 Å². The minimum absolute atomic E-state index is 0.190. The third-order valence-corrected chi connectivity index (χ3v) is 3.38. The van der Waals surface area contributed by atoms with Crippen molar-refractivity contribution >= 4 is 35.1 Å². The summed E-state index contributed by atoms with van der Waals surface area (Å²) in [4.78, 5) is 22.4. The summed E-state index contributed by atoms with van der Waals surface area (Å²) in [5.74, 6) is 1.36. The molecule has 0 aromatic carbocycles. The highest BCUT2D eigenvalue weighted by molar-refractivity contribution is 7.71. The lowest BCUT2D eigenvalue weighted by Crippen LogP contribution is -2.07. The maximum Gasteiger partial charge on any atom is 0.222 e. The molecule has 0 bridgehead atoms. The Morgan fingerprint density at radius 3 is 2.95 bits per heavy atom. The van der Waals surface area contributed by atoms with Crippen molar-refractivity contribution in [3.05, 3.63) is 35.4 Å². The molecule has 22 heavy (non-hydrogen) atoms. The first-order chi connectivity index (χ1) is 10.5. The first-order valence-electron chi connectivity index (χ1n) is 6.49. The van der Waals surface area contributed by atoms with E-state index in [-0.39, 0.29) is 5.91 Å². The second-order valence-corrected chi connectivity index (χ2v) is 5.07. The Morgan fingerprint density at radius 1 is 1.36 bits per heavy atom. The van der Waals surface area contributed by atoms with Gasteiger partial charge in [0.15, 0.2) is 10.4 Å². The molecule has 0 atom stereocenters. The van der Waals surface area contributed by atoms with E-state index in [2.05, 4.69) is 20.3 Å². The second kappa shape index (κ2) is 5.57. The van der Waals surface area contributed by atoms with Crippen molar-refractivity contribution in [1.82, 2.24) is 19.5 Å². The van der Waals surface area contributed by atoms with Crippen LogP contribution in [0.4, 0.5) is 5.82 Å². The predicted molar refractivity (Wildman–Crippen MR) is 84.5 cm³/mol. The summed E-state index contributed by atoms with van der Waals surface area (Å²) in [6.07, 6.45) is 3.16. The van der Waals surface area contributed by atoms with Crippen LogP contribution in [0.25, 0.3) is 11.2 Å². The summed E-state index contributed by atoms with van der Waals surface area (Å²) in [5.41, 5.74) is 1.55. The van der Waals surface area contributed by atoms with Crippen LogP contribution in [0.3, 0.4) is 0 Å². The standard InChI is InChI=1S/C14H13N5O2S/c1-8(20)17-12-6-9(3-4-15-12)21-10-5-11-13(16-7-10)18-14(22)19(11)2/h3-7H,1-2H3,(H,15,17,20)(H,16,18,22). The van der Waals surface area contributed by atoms with Gasteiger partial charge in [-0.15, -0.1) is 0 Å². The smallest absolute Gasteiger partial charge is 0.222 e. The summed E-state index contributed by atoms with van der Waals surface area (Å²) in [7, 11) is 1.86. The molecular weight excluding hydrogens is 302 g/mol. The zero-order valence-electron chi connectivity index (χ0n) is 12.0. The van der Waals surface area contributed by atoms with Crippen LogP contribution < -0.4 is 10.1 Å². The Hall–Kier alpha value is -2.74. The van der Waals surface area contributed by atoms with Gasteiger partial charge in [-0.3, -0.25) is 4.79 Å². The third-order valence-electron chi connectivity index (χ3n) is 3.01. The molecule has 2 N–H and O–H groups in total. The van der Waals surface area contributed by atoms with Gasteiger partial charge in [0.25, 0.3) is 0 Å². The van der Waals surface area contributed by atoms with Crippen LogP contribution in [0.1, 0.15) is 6.92 Å². The van der Waals surface area contributed by atoms with Crippen LogP contribution in [-0.4, -0.2) is 25.4 Å². The maximum atomic E-state index is 11.1. The number of carbonyl (C=O) groups is 1. The number of aromatic nitrogens is 4. The molecule has 8 heteroatoms. The monoisotopic (exact) mass is 315 g/mol. The quantitative estimate of drug-likeness (QED) is 0.726. The van der Waals surface area contributed by atoms with Crippen LogP contribution in [0, 0.1) is 4.77 Å². The molecule has 0 saturated carbocycles. The number of aryl methyl sites for hydroxylation is 1. The number of rotatable bonds is 3. The van der Waals surface area contributed by atoms with Gasteiger partial charge >= 0.3 is 0 Å². The van der Waals surface area contributed by atoms with Gasteiger partial charge < -0.3 is 19.6 Å². The van der Waals surface area contributed by atoms with E-state index in [1.807, 2.05) is 17.7 Å². The largest absolute Gasteiger partial charge is 0.455 e. The number of pyridine rings is 2. The number of hydrogen-bond acceptors (Lipinski definition) is 5. The van der Waals surface area contributed by atoms with E-state index in [4.69, 9.17) is 17.0 Å². The molecule has 0 spiro atoms. The first kappa shape index (κ1) is 14.2. The molecule has 0 aliphatic heterocycles. The topological polar surface area (TPSA) is 84.8 Å². The molecule has 3 aromatic heterocycles. The van der Waals surface area contributed by atoms with E-state index in [1.54, 1.807) is 24.5 Å². The minimum atomic E-state index is -0.190. The van der Waals surface area contributed by atoms with E-state index in [9.17, 15) is 4.79 Å². The van der Waals surface area contributed by atoms with Crippen LogP contribution in [-0.2, 0) is 11.8 Å². The van der Waals surface area contributed by atoms with E-state index >= 15 is 0 Å². The molecule has 112 valence electrons. The summed E-state index contributed by atoms with van der Waals surface area (Å²) in [6, 6.07) is 5.18. The zero-order valence-corrected chi connectivity index (χ0v) is 12.8. The Kier molecular flexibility index (Phi) is 3.60. The second-order valence-electron chi connectivity index (χ2n) is 4.69. The Balaban J connectivity index is 1.91. The van der Waals surface area contributed by atoms with Gasteiger partial charge in [-0.1, -0.05) is 0 Å². The average Bonchev–Trinajstić information content (AvgIpc) is 2.74. The number of aromatic amines is 1. The fourth-order valence-corrected chi connectivity index (χ4v) is 2.19. The average molecular weight is 315 g/mol. The lowest BCUT2D eigenvalue weighted by atomic mass is 10.4. The molecule has 0 aliphatic rings. The molecule has 0 unspecified atom stereocenters. The van der Waals surface area contributed by atoms with Gasteiger partial charge in [-0.25, -0.2) is 9.97 Å². The lowest BCUT2D eigenvalue weighted by molar-refractivity contribution is -0.114. The number of fused-ring (bicyclic) bond motifs is 1. The molecule has 3 aromatic rings. The van der Waals surface area contributed by atoms with Gasteiger partial charge in [0.05, 0.1) is 11.7 Å². The van der Waals surface area contributed by atoms with Crippen molar-refractivity contribution in [2.75, 3.05) is 5.32 Å². The first-order valence-corrected chi connectivity index (χ1v) is 6.90. The highest BCUT2D eigenvalue weighted by Crippen LogP contribution is 2.24. The fraction of sp³-hybridized carbons (Fsp3) is 0.143. The van der Waals surface area contributed by atoms with Crippen molar-refractivity contribution in [2.24, 2.45) is 7.05 Å². The number of anilines is 1. The van der Waals surface area contributed by atoms with Gasteiger partial charge in [0.1, 0.15) is 17.3 Å². The molecule has 0 radical (unpaired) electrons. The Labute approximate surface area is 131 Å². The van der Waals surface area contributed by atoms with E-state index in [0.717, 1.165) is 5.52 Å². The number of imidazole rings is 1. The number of hydrogen-bond donors (Lipinski definition) is 2. The number of nitrogens with one attached hydrogen (secondary N) is 2. The Morgan fingerprint density at radius 2 is 2.18 bits per heavy atom. The summed E-state index contributed by atoms with van der Waals surface area (Å²) < 4.78 is 8.17. The van der Waals surface area contributed by atoms with E-state index in [0.29, 0.717) is 27.7 Å². The zero-order chi connectivity index (χ0) is 15.7. The maximum absolute atomic E-state index is 11.1. The molecule has 3 rings (SSSR count). The van der Waals surface area contributed by atoms with Crippen LogP contribution in [0.2, 0.25) is 0 Å². The number of amides is 1. The van der Waals surface area contributed by atoms with Gasteiger partial charge in [0, 0.05) is 32.3 Å². The van der Waals surface area contributed by atoms with Gasteiger partial charge in [0.2, 0.25) is 5.91 Å². The summed E-state index contributed by atoms with van der Waals surface area (Å²) >= 11 is 5.16. The molecule has 7 nitrogen and oxygen atoms in total. The SMILES string of the molecule is CC(=O)Nc1cc(Oc2cnc3[nH]c(=S)n(C)c3c2)ccn1. The molecule has 3 heterocycles. The van der Waals surface area contributed by atoms with Crippen molar-refractivity contribution in [3.63, 3.8) is 0 Å². The highest BCUT2D eigenvalue weighted by atomic mass is 32.1. The number of nitrogens with zero attached hydrogens (tertiary/aromatic N) is 3. The lowest BCUT2D eigenvalue weighted by Gasteiger charge is -2.07. The van der Waals surface area contributed by atoms with Crippen molar-refractivity contribution in [3.8, 4) is 11.5 Å². The van der Waals surface area contributed by atoms with Crippen LogP contribution in [0.5, 0.6) is 11.5 Å². The normalized spacial score (nSPS) is 10.6. The van der Waals surface area contributed by atoms with Crippen LogP contribution in [0.15, 0.2) is 30.6 Å². The third kappa shape index (κ3) is 2.82. The fourth-order valence-electron chi connectivity index (χ4n) is 2.00. The molecule has 1 amide bonds. The predicted octanol–water partition coefficient (Wildman–Crippen LogP) is 2.78. The number of carbonyl (C=O) groups excluding carboxylic acids is 1. The van der Waals surface area contributed by atoms with E-state index in [1.165, 1.54) is 6.92 Å². The Bertz CT molecular complexity index is 915.